The smallest absolute Gasteiger partial charge is 0.324 e. The van der Waals surface area contributed by atoms with Gasteiger partial charge < -0.3 is 10.2 Å². The number of aryl methyl sites for hydroxylation is 4. The van der Waals surface area contributed by atoms with E-state index in [1.807, 2.05) is 69.0 Å². The SMILES string of the molecule is Cc1ccc(N2CCn3c2nn(CC(=O)Nc2c(C)cc(C)cc2C)c(=O)c3=O)cc1. The molecule has 8 nitrogen and oxygen atoms in total. The number of fused-ring (bicyclic) bond motifs is 1. The summed E-state index contributed by atoms with van der Waals surface area (Å²) >= 11 is 0. The van der Waals surface area contributed by atoms with E-state index in [0.717, 1.165) is 32.6 Å². The van der Waals surface area contributed by atoms with Crippen molar-refractivity contribution in [1.82, 2.24) is 14.3 Å². The molecule has 0 saturated heterocycles. The van der Waals surface area contributed by atoms with E-state index in [2.05, 4.69) is 10.4 Å². The highest BCUT2D eigenvalue weighted by Crippen LogP contribution is 2.26. The lowest BCUT2D eigenvalue weighted by Gasteiger charge is -2.18. The number of nitrogens with one attached hydrogen (secondary N) is 1. The molecule has 1 N–H and O–H groups in total. The summed E-state index contributed by atoms with van der Waals surface area (Å²) in [5, 5.41) is 7.22. The lowest BCUT2D eigenvalue weighted by Crippen LogP contribution is -2.44. The Hall–Kier alpha value is -3.68. The number of benzene rings is 2. The Kier molecular flexibility index (Phi) is 5.22. The first-order valence-corrected chi connectivity index (χ1v) is 10.2. The Morgan fingerprint density at radius 2 is 1.58 bits per heavy atom. The van der Waals surface area contributed by atoms with Crippen molar-refractivity contribution in [1.29, 1.82) is 0 Å². The van der Waals surface area contributed by atoms with Crippen molar-refractivity contribution in [2.75, 3.05) is 16.8 Å². The van der Waals surface area contributed by atoms with Gasteiger partial charge in [-0.05, 0) is 51.0 Å². The quantitative estimate of drug-likeness (QED) is 0.656. The van der Waals surface area contributed by atoms with Crippen LogP contribution in [0.4, 0.5) is 17.3 Å². The van der Waals surface area contributed by atoms with E-state index in [4.69, 9.17) is 0 Å². The number of rotatable bonds is 4. The van der Waals surface area contributed by atoms with E-state index in [1.54, 1.807) is 0 Å². The van der Waals surface area contributed by atoms with E-state index < -0.39 is 17.0 Å². The van der Waals surface area contributed by atoms with Gasteiger partial charge in [0.05, 0.1) is 0 Å². The standard InChI is InChI=1S/C23H25N5O3/c1-14-5-7-18(8-6-14)26-9-10-27-21(30)22(31)28(25-23(26)27)13-19(29)24-20-16(3)11-15(2)12-17(20)4/h5-8,11-12H,9-10,13H2,1-4H3,(H,24,29). The highest BCUT2D eigenvalue weighted by molar-refractivity contribution is 5.92. The second-order valence-corrected chi connectivity index (χ2v) is 8.03. The Labute approximate surface area is 179 Å². The van der Waals surface area contributed by atoms with Crippen molar-refractivity contribution in [2.24, 2.45) is 0 Å². The molecule has 1 amide bonds. The molecule has 2 heterocycles. The molecular weight excluding hydrogens is 394 g/mol. The minimum Gasteiger partial charge on any atom is -0.324 e. The Bertz CT molecular complexity index is 1270. The van der Waals surface area contributed by atoms with Crippen LogP contribution in [-0.2, 0) is 17.9 Å². The van der Waals surface area contributed by atoms with Crippen molar-refractivity contribution in [3.63, 3.8) is 0 Å². The summed E-state index contributed by atoms with van der Waals surface area (Å²) in [5.41, 5.74) is 4.21. The van der Waals surface area contributed by atoms with Gasteiger partial charge in [0.15, 0.2) is 0 Å². The van der Waals surface area contributed by atoms with Crippen molar-refractivity contribution >= 4 is 23.2 Å². The van der Waals surface area contributed by atoms with E-state index >= 15 is 0 Å². The van der Waals surface area contributed by atoms with Crippen LogP contribution >= 0.6 is 0 Å². The average Bonchev–Trinajstić information content (AvgIpc) is 3.13. The topological polar surface area (TPSA) is 89.2 Å². The number of hydrogen-bond donors (Lipinski definition) is 1. The summed E-state index contributed by atoms with van der Waals surface area (Å²) in [6.45, 7) is 8.39. The van der Waals surface area contributed by atoms with Crippen molar-refractivity contribution in [3.8, 4) is 0 Å². The van der Waals surface area contributed by atoms with Gasteiger partial charge in [0.25, 0.3) is 0 Å². The molecule has 8 heteroatoms. The summed E-state index contributed by atoms with van der Waals surface area (Å²) in [6.07, 6.45) is 0. The van der Waals surface area contributed by atoms with Crippen LogP contribution in [0.1, 0.15) is 22.3 Å². The molecule has 1 aliphatic heterocycles. The molecule has 3 aromatic rings. The predicted octanol–water partition coefficient (Wildman–Crippen LogP) is 2.43. The van der Waals surface area contributed by atoms with E-state index in [1.165, 1.54) is 4.57 Å². The molecule has 0 spiro atoms. The lowest BCUT2D eigenvalue weighted by molar-refractivity contribution is -0.117. The van der Waals surface area contributed by atoms with Crippen LogP contribution in [0.3, 0.4) is 0 Å². The first kappa shape index (κ1) is 20.6. The largest absolute Gasteiger partial charge is 0.333 e. The molecule has 1 aliphatic rings. The second kappa shape index (κ2) is 7.86. The number of hydrogen-bond acceptors (Lipinski definition) is 5. The van der Waals surface area contributed by atoms with Crippen LogP contribution in [0.5, 0.6) is 0 Å². The van der Waals surface area contributed by atoms with E-state index in [0.29, 0.717) is 24.7 Å². The Balaban J connectivity index is 1.64. The zero-order chi connectivity index (χ0) is 22.3. The van der Waals surface area contributed by atoms with Gasteiger partial charge >= 0.3 is 11.1 Å². The lowest BCUT2D eigenvalue weighted by atomic mass is 10.1. The molecular formula is C23H25N5O3. The van der Waals surface area contributed by atoms with E-state index in [-0.39, 0.29) is 6.54 Å². The fourth-order valence-electron chi connectivity index (χ4n) is 3.99. The molecule has 160 valence electrons. The number of carbonyl (C=O) groups excluding carboxylic acids is 1. The molecule has 0 saturated carbocycles. The van der Waals surface area contributed by atoms with Crippen LogP contribution in [0.15, 0.2) is 46.0 Å². The van der Waals surface area contributed by atoms with Gasteiger partial charge in [-0.2, -0.15) is 0 Å². The molecule has 0 radical (unpaired) electrons. The summed E-state index contributed by atoms with van der Waals surface area (Å²) in [4.78, 5) is 39.7. The molecule has 0 bridgehead atoms. The van der Waals surface area contributed by atoms with Crippen LogP contribution in [0.2, 0.25) is 0 Å². The van der Waals surface area contributed by atoms with Gasteiger partial charge in [-0.15, -0.1) is 5.10 Å². The summed E-state index contributed by atoms with van der Waals surface area (Å²) in [5.74, 6) is -0.0437. The molecule has 0 fully saturated rings. The fourth-order valence-corrected chi connectivity index (χ4v) is 3.99. The minimum absolute atomic E-state index is 0.337. The molecule has 4 rings (SSSR count). The molecule has 0 unspecified atom stereocenters. The first-order valence-electron chi connectivity index (χ1n) is 10.2. The van der Waals surface area contributed by atoms with E-state index in [9.17, 15) is 14.4 Å². The number of amides is 1. The third kappa shape index (κ3) is 3.88. The Morgan fingerprint density at radius 1 is 0.935 bits per heavy atom. The number of anilines is 3. The van der Waals surface area contributed by atoms with Gasteiger partial charge in [-0.3, -0.25) is 19.0 Å². The third-order valence-electron chi connectivity index (χ3n) is 5.48. The first-order chi connectivity index (χ1) is 14.7. The molecule has 31 heavy (non-hydrogen) atoms. The van der Waals surface area contributed by atoms with Crippen LogP contribution in [0, 0.1) is 27.7 Å². The molecule has 0 atom stereocenters. The van der Waals surface area contributed by atoms with Crippen molar-refractivity contribution in [3.05, 3.63) is 79.4 Å². The zero-order valence-corrected chi connectivity index (χ0v) is 18.1. The fraction of sp³-hybridized carbons (Fsp3) is 0.304. The van der Waals surface area contributed by atoms with Crippen LogP contribution in [0.25, 0.3) is 0 Å². The normalized spacial score (nSPS) is 12.7. The maximum Gasteiger partial charge on any atom is 0.333 e. The van der Waals surface area contributed by atoms with Crippen molar-refractivity contribution < 1.29 is 4.79 Å². The molecule has 0 aliphatic carbocycles. The van der Waals surface area contributed by atoms with Crippen LogP contribution in [-0.4, -0.2) is 26.8 Å². The predicted molar refractivity (Wildman–Crippen MR) is 120 cm³/mol. The summed E-state index contributed by atoms with van der Waals surface area (Å²) in [6, 6.07) is 11.8. The number of aromatic nitrogens is 3. The van der Waals surface area contributed by atoms with Gasteiger partial charge in [-0.25, -0.2) is 4.68 Å². The maximum atomic E-state index is 12.7. The van der Waals surface area contributed by atoms with Crippen molar-refractivity contribution in [2.45, 2.75) is 40.8 Å². The Morgan fingerprint density at radius 3 is 2.23 bits per heavy atom. The molecule has 1 aromatic heterocycles. The summed E-state index contributed by atoms with van der Waals surface area (Å²) < 4.78 is 2.32. The molecule has 2 aromatic carbocycles. The van der Waals surface area contributed by atoms with Crippen LogP contribution < -0.4 is 21.3 Å². The van der Waals surface area contributed by atoms with Gasteiger partial charge in [0, 0.05) is 24.5 Å². The number of carbonyl (C=O) groups is 1. The van der Waals surface area contributed by atoms with Gasteiger partial charge in [0.1, 0.15) is 6.54 Å². The minimum atomic E-state index is -0.804. The maximum absolute atomic E-state index is 12.7. The second-order valence-electron chi connectivity index (χ2n) is 8.03. The van der Waals surface area contributed by atoms with Gasteiger partial charge in [-0.1, -0.05) is 35.4 Å². The third-order valence-corrected chi connectivity index (χ3v) is 5.48. The summed E-state index contributed by atoms with van der Waals surface area (Å²) in [7, 11) is 0. The monoisotopic (exact) mass is 419 g/mol. The highest BCUT2D eigenvalue weighted by Gasteiger charge is 2.26. The highest BCUT2D eigenvalue weighted by atomic mass is 16.2. The average molecular weight is 419 g/mol. The number of nitrogens with zero attached hydrogens (tertiary/aromatic N) is 4. The van der Waals surface area contributed by atoms with Gasteiger partial charge in [0.2, 0.25) is 11.9 Å². The zero-order valence-electron chi connectivity index (χ0n) is 18.1.